The Labute approximate surface area is 127 Å². The van der Waals surface area contributed by atoms with Crippen molar-refractivity contribution in [2.45, 2.75) is 19.5 Å². The number of halogens is 2. The van der Waals surface area contributed by atoms with Crippen LogP contribution in [0, 0.1) is 10.1 Å². The molecule has 0 saturated carbocycles. The van der Waals surface area contributed by atoms with Crippen LogP contribution in [0.15, 0.2) is 22.7 Å². The van der Waals surface area contributed by atoms with Crippen LogP contribution in [-0.4, -0.2) is 35.5 Å². The zero-order valence-corrected chi connectivity index (χ0v) is 13.0. The highest BCUT2D eigenvalue weighted by atomic mass is 79.9. The number of rotatable bonds is 3. The van der Waals surface area contributed by atoms with Crippen LogP contribution in [-0.2, 0) is 6.54 Å². The van der Waals surface area contributed by atoms with Crippen molar-refractivity contribution in [3.63, 3.8) is 0 Å². The molecule has 1 aliphatic heterocycles. The van der Waals surface area contributed by atoms with Gasteiger partial charge in [0.2, 0.25) is 0 Å². The standard InChI is InChI=1S/C12H16BrN3O2.ClH/c1-9-7-15(5-4-14-9)8-10-2-3-11(13)12(6-10)16(17)18;/h2-3,6,9,14H,4-5,7-8H2,1H3;1H. The fourth-order valence-corrected chi connectivity index (χ4v) is 2.60. The van der Waals surface area contributed by atoms with Crippen LogP contribution in [0.5, 0.6) is 0 Å². The number of piperazine rings is 1. The highest BCUT2D eigenvalue weighted by Crippen LogP contribution is 2.26. The fourth-order valence-electron chi connectivity index (χ4n) is 2.21. The predicted molar refractivity (Wildman–Crippen MR) is 80.8 cm³/mol. The Hall–Kier alpha value is -0.690. The fraction of sp³-hybridized carbons (Fsp3) is 0.500. The van der Waals surface area contributed by atoms with E-state index in [1.165, 1.54) is 0 Å². The number of nitrogens with zero attached hydrogens (tertiary/aromatic N) is 2. The van der Waals surface area contributed by atoms with Crippen molar-refractivity contribution in [1.29, 1.82) is 0 Å². The lowest BCUT2D eigenvalue weighted by atomic mass is 10.1. The number of hydrogen-bond acceptors (Lipinski definition) is 4. The molecule has 1 aliphatic rings. The summed E-state index contributed by atoms with van der Waals surface area (Å²) in [5.41, 5.74) is 1.12. The van der Waals surface area contributed by atoms with Gasteiger partial charge in [0, 0.05) is 38.3 Å². The topological polar surface area (TPSA) is 58.4 Å². The van der Waals surface area contributed by atoms with E-state index in [0.29, 0.717) is 10.5 Å². The Morgan fingerprint density at radius 1 is 1.58 bits per heavy atom. The van der Waals surface area contributed by atoms with E-state index < -0.39 is 0 Å². The van der Waals surface area contributed by atoms with Gasteiger partial charge >= 0.3 is 0 Å². The SMILES string of the molecule is CC1CN(Cc2ccc(Br)c([N+](=O)[O-])c2)CCN1.Cl. The van der Waals surface area contributed by atoms with Crippen molar-refractivity contribution in [1.82, 2.24) is 10.2 Å². The van der Waals surface area contributed by atoms with Gasteiger partial charge in [-0.3, -0.25) is 15.0 Å². The molecule has 0 aromatic heterocycles. The van der Waals surface area contributed by atoms with Crippen LogP contribution < -0.4 is 5.32 Å². The van der Waals surface area contributed by atoms with Gasteiger partial charge in [0.05, 0.1) is 9.40 Å². The van der Waals surface area contributed by atoms with Crippen molar-refractivity contribution in [2.24, 2.45) is 0 Å². The third kappa shape index (κ3) is 4.42. The average Bonchev–Trinajstić information content (AvgIpc) is 2.31. The molecule has 0 bridgehead atoms. The largest absolute Gasteiger partial charge is 0.312 e. The Balaban J connectivity index is 0.00000180. The molecule has 1 N–H and O–H groups in total. The van der Waals surface area contributed by atoms with Gasteiger partial charge in [-0.15, -0.1) is 12.4 Å². The summed E-state index contributed by atoms with van der Waals surface area (Å²) in [4.78, 5) is 12.8. The molecule has 2 rings (SSSR count). The molecule has 0 amide bonds. The maximum absolute atomic E-state index is 10.9. The van der Waals surface area contributed by atoms with E-state index >= 15 is 0 Å². The van der Waals surface area contributed by atoms with Gasteiger partial charge in [-0.25, -0.2) is 0 Å². The summed E-state index contributed by atoms with van der Waals surface area (Å²) in [6, 6.07) is 5.81. The zero-order chi connectivity index (χ0) is 13.1. The second kappa shape index (κ2) is 7.19. The average molecular weight is 351 g/mol. The lowest BCUT2D eigenvalue weighted by molar-refractivity contribution is -0.385. The monoisotopic (exact) mass is 349 g/mol. The van der Waals surface area contributed by atoms with Gasteiger partial charge in [0.1, 0.15) is 0 Å². The third-order valence-corrected chi connectivity index (χ3v) is 3.74. The minimum atomic E-state index is -0.353. The van der Waals surface area contributed by atoms with Gasteiger partial charge in [-0.1, -0.05) is 6.07 Å². The molecular formula is C12H17BrClN3O2. The molecule has 0 radical (unpaired) electrons. The van der Waals surface area contributed by atoms with Crippen LogP contribution in [0.3, 0.4) is 0 Å². The van der Waals surface area contributed by atoms with Gasteiger partial charge in [0.25, 0.3) is 5.69 Å². The molecule has 19 heavy (non-hydrogen) atoms. The quantitative estimate of drug-likeness (QED) is 0.672. The highest BCUT2D eigenvalue weighted by molar-refractivity contribution is 9.10. The first-order valence-corrected chi connectivity index (χ1v) is 6.74. The summed E-state index contributed by atoms with van der Waals surface area (Å²) in [7, 11) is 0. The van der Waals surface area contributed by atoms with Gasteiger partial charge in [0.15, 0.2) is 0 Å². The summed E-state index contributed by atoms with van der Waals surface area (Å²) in [6.45, 7) is 5.84. The molecule has 1 saturated heterocycles. The van der Waals surface area contributed by atoms with E-state index in [1.807, 2.05) is 6.07 Å². The smallest absolute Gasteiger partial charge is 0.283 e. The number of nitro groups is 1. The molecule has 1 unspecified atom stereocenters. The van der Waals surface area contributed by atoms with Crippen LogP contribution in [0.1, 0.15) is 12.5 Å². The first kappa shape index (κ1) is 16.4. The number of nitrogens with one attached hydrogen (secondary N) is 1. The van der Waals surface area contributed by atoms with Gasteiger partial charge in [-0.2, -0.15) is 0 Å². The van der Waals surface area contributed by atoms with Crippen molar-refractivity contribution < 1.29 is 4.92 Å². The second-order valence-corrected chi connectivity index (χ2v) is 5.49. The summed E-state index contributed by atoms with van der Waals surface area (Å²) in [5, 5.41) is 14.2. The van der Waals surface area contributed by atoms with E-state index in [2.05, 4.69) is 33.1 Å². The Morgan fingerprint density at radius 2 is 2.32 bits per heavy atom. The predicted octanol–water partition coefficient (Wildman–Crippen LogP) is 2.57. The molecule has 5 nitrogen and oxygen atoms in total. The lowest BCUT2D eigenvalue weighted by Gasteiger charge is -2.31. The van der Waals surface area contributed by atoms with Crippen molar-refractivity contribution in [2.75, 3.05) is 19.6 Å². The maximum Gasteiger partial charge on any atom is 0.283 e. The molecular weight excluding hydrogens is 334 g/mol. The normalized spacial score (nSPS) is 19.8. The Morgan fingerprint density at radius 3 is 2.95 bits per heavy atom. The minimum Gasteiger partial charge on any atom is -0.312 e. The maximum atomic E-state index is 10.9. The summed E-state index contributed by atoms with van der Waals surface area (Å²) in [5.74, 6) is 0. The van der Waals surface area contributed by atoms with Gasteiger partial charge in [-0.05, 0) is 34.5 Å². The lowest BCUT2D eigenvalue weighted by Crippen LogP contribution is -2.48. The van der Waals surface area contributed by atoms with Crippen molar-refractivity contribution >= 4 is 34.0 Å². The van der Waals surface area contributed by atoms with Crippen LogP contribution in [0.25, 0.3) is 0 Å². The Kier molecular flexibility index (Phi) is 6.19. The van der Waals surface area contributed by atoms with Crippen molar-refractivity contribution in [3.05, 3.63) is 38.3 Å². The number of nitro benzene ring substituents is 1. The van der Waals surface area contributed by atoms with Crippen LogP contribution >= 0.6 is 28.3 Å². The van der Waals surface area contributed by atoms with Gasteiger partial charge < -0.3 is 5.32 Å². The summed E-state index contributed by atoms with van der Waals surface area (Å²) in [6.07, 6.45) is 0. The van der Waals surface area contributed by atoms with E-state index in [-0.39, 0.29) is 23.0 Å². The molecule has 7 heteroatoms. The third-order valence-electron chi connectivity index (χ3n) is 3.07. The number of benzene rings is 1. The van der Waals surface area contributed by atoms with Crippen LogP contribution in [0.2, 0.25) is 0 Å². The minimum absolute atomic E-state index is 0. The molecule has 1 aromatic carbocycles. The summed E-state index contributed by atoms with van der Waals surface area (Å²) >= 11 is 3.20. The zero-order valence-electron chi connectivity index (χ0n) is 10.6. The molecule has 1 aromatic rings. The highest BCUT2D eigenvalue weighted by Gasteiger charge is 2.17. The molecule has 0 aliphatic carbocycles. The molecule has 1 heterocycles. The Bertz CT molecular complexity index is 459. The summed E-state index contributed by atoms with van der Waals surface area (Å²) < 4.78 is 0.532. The molecule has 0 spiro atoms. The van der Waals surface area contributed by atoms with Crippen LogP contribution in [0.4, 0.5) is 5.69 Å². The van der Waals surface area contributed by atoms with Crippen molar-refractivity contribution in [3.8, 4) is 0 Å². The molecule has 106 valence electrons. The first-order chi connectivity index (χ1) is 8.56. The van der Waals surface area contributed by atoms with E-state index in [4.69, 9.17) is 0 Å². The molecule has 1 fully saturated rings. The van der Waals surface area contributed by atoms with E-state index in [9.17, 15) is 10.1 Å². The second-order valence-electron chi connectivity index (χ2n) is 4.63. The van der Waals surface area contributed by atoms with E-state index in [1.54, 1.807) is 12.1 Å². The first-order valence-electron chi connectivity index (χ1n) is 5.95. The van der Waals surface area contributed by atoms with E-state index in [0.717, 1.165) is 31.7 Å². The number of hydrogen-bond donors (Lipinski definition) is 1. The molecule has 1 atom stereocenters.